The summed E-state index contributed by atoms with van der Waals surface area (Å²) in [6.45, 7) is 0. The Balaban J connectivity index is 1.86. The molecule has 4 unspecified atom stereocenters. The number of aliphatic carboxylic acids is 1. The number of carbonyl (C=O) groups is 1. The number of carboxylic acids is 1. The van der Waals surface area contributed by atoms with Gasteiger partial charge in [-0.1, -0.05) is 31.0 Å². The van der Waals surface area contributed by atoms with Crippen LogP contribution in [0, 0.1) is 5.92 Å². The van der Waals surface area contributed by atoms with E-state index in [1.54, 1.807) is 14.2 Å². The fourth-order valence-corrected chi connectivity index (χ4v) is 5.25. The van der Waals surface area contributed by atoms with Crippen molar-refractivity contribution < 1.29 is 19.4 Å². The highest BCUT2D eigenvalue weighted by atomic mass is 16.5. The summed E-state index contributed by atoms with van der Waals surface area (Å²) in [5.74, 6) is 1.06. The summed E-state index contributed by atoms with van der Waals surface area (Å²) < 4.78 is 10.7. The Labute approximate surface area is 160 Å². The highest BCUT2D eigenvalue weighted by Crippen LogP contribution is 2.56. The summed E-state index contributed by atoms with van der Waals surface area (Å²) in [4.78, 5) is 12.4. The van der Waals surface area contributed by atoms with Crippen molar-refractivity contribution in [3.8, 4) is 11.5 Å². The maximum atomic E-state index is 12.4. The second-order valence-corrected chi connectivity index (χ2v) is 7.66. The number of carboxylic acid groups (broad SMARTS) is 1. The quantitative estimate of drug-likeness (QED) is 0.832. The van der Waals surface area contributed by atoms with E-state index >= 15 is 0 Å². The number of ether oxygens (including phenoxy) is 2. The van der Waals surface area contributed by atoms with E-state index in [-0.39, 0.29) is 5.92 Å². The molecule has 0 radical (unpaired) electrons. The third-order valence-corrected chi connectivity index (χ3v) is 6.44. The first-order chi connectivity index (χ1) is 13.1. The molecular weight excluding hydrogens is 340 g/mol. The number of fused-ring (bicyclic) bond motifs is 3. The van der Waals surface area contributed by atoms with Gasteiger partial charge in [0.05, 0.1) is 20.1 Å². The van der Waals surface area contributed by atoms with E-state index in [2.05, 4.69) is 6.07 Å². The van der Waals surface area contributed by atoms with Gasteiger partial charge in [0.2, 0.25) is 0 Å². The maximum absolute atomic E-state index is 12.4. The summed E-state index contributed by atoms with van der Waals surface area (Å²) in [6.07, 6.45) is 4.55. The summed E-state index contributed by atoms with van der Waals surface area (Å²) >= 11 is 0. The van der Waals surface area contributed by atoms with Crippen molar-refractivity contribution in [1.29, 1.82) is 0 Å². The minimum Gasteiger partial charge on any atom is -0.497 e. The van der Waals surface area contributed by atoms with E-state index in [9.17, 15) is 9.90 Å². The molecule has 0 saturated heterocycles. The smallest absolute Gasteiger partial charge is 0.311 e. The lowest BCUT2D eigenvalue weighted by Gasteiger charge is -2.46. The SMILES string of the molecule is COc1ccc(C2C(C(=O)O)c3ccc(OC)cc3C3CCCCC32)cc1. The average molecular weight is 366 g/mol. The van der Waals surface area contributed by atoms with E-state index in [4.69, 9.17) is 9.47 Å². The Morgan fingerprint density at radius 3 is 2.26 bits per heavy atom. The minimum atomic E-state index is -0.744. The monoisotopic (exact) mass is 366 g/mol. The standard InChI is InChI=1S/C23H26O4/c1-26-15-9-7-14(8-10-15)21-18-6-4-3-5-17(18)20-13-16(27-2)11-12-19(20)22(21)23(24)25/h7-13,17-18,21-22H,3-6H2,1-2H3,(H,24,25). The van der Waals surface area contributed by atoms with E-state index in [0.29, 0.717) is 11.8 Å². The van der Waals surface area contributed by atoms with Gasteiger partial charge in [-0.3, -0.25) is 4.79 Å². The Morgan fingerprint density at radius 2 is 1.59 bits per heavy atom. The van der Waals surface area contributed by atoms with Gasteiger partial charge in [-0.05, 0) is 65.6 Å². The number of hydrogen-bond donors (Lipinski definition) is 1. The number of benzene rings is 2. The zero-order chi connectivity index (χ0) is 19.0. The molecule has 4 heteroatoms. The van der Waals surface area contributed by atoms with Crippen molar-refractivity contribution in [2.45, 2.75) is 43.4 Å². The molecule has 1 fully saturated rings. The van der Waals surface area contributed by atoms with Crippen LogP contribution in [0.25, 0.3) is 0 Å². The van der Waals surface area contributed by atoms with Gasteiger partial charge >= 0.3 is 5.97 Å². The zero-order valence-electron chi connectivity index (χ0n) is 15.9. The van der Waals surface area contributed by atoms with Crippen LogP contribution in [0.1, 0.15) is 60.1 Å². The van der Waals surface area contributed by atoms with Crippen LogP contribution in [0.2, 0.25) is 0 Å². The minimum absolute atomic E-state index is 0.0143. The first kappa shape index (κ1) is 17.9. The van der Waals surface area contributed by atoms with Gasteiger partial charge in [0.1, 0.15) is 11.5 Å². The van der Waals surface area contributed by atoms with E-state index in [1.165, 1.54) is 18.4 Å². The fourth-order valence-electron chi connectivity index (χ4n) is 5.25. The normalized spacial score (nSPS) is 26.6. The molecular formula is C23H26O4. The van der Waals surface area contributed by atoms with Crippen LogP contribution in [0.4, 0.5) is 0 Å². The number of rotatable bonds is 4. The number of methoxy groups -OCH3 is 2. The van der Waals surface area contributed by atoms with Crippen molar-refractivity contribution in [3.05, 3.63) is 59.2 Å². The van der Waals surface area contributed by atoms with Crippen LogP contribution >= 0.6 is 0 Å². The second-order valence-electron chi connectivity index (χ2n) is 7.66. The predicted molar refractivity (Wildman–Crippen MR) is 104 cm³/mol. The van der Waals surface area contributed by atoms with E-state index in [1.807, 2.05) is 36.4 Å². The lowest BCUT2D eigenvalue weighted by molar-refractivity contribution is -0.140. The van der Waals surface area contributed by atoms with Crippen molar-refractivity contribution in [1.82, 2.24) is 0 Å². The van der Waals surface area contributed by atoms with Crippen LogP contribution in [-0.2, 0) is 4.79 Å². The van der Waals surface area contributed by atoms with Crippen LogP contribution in [0.3, 0.4) is 0 Å². The Bertz CT molecular complexity index is 827. The molecule has 0 heterocycles. The molecule has 4 atom stereocenters. The van der Waals surface area contributed by atoms with Crippen LogP contribution in [-0.4, -0.2) is 25.3 Å². The summed E-state index contributed by atoms with van der Waals surface area (Å²) in [6, 6.07) is 13.9. The molecule has 1 saturated carbocycles. The van der Waals surface area contributed by atoms with Crippen molar-refractivity contribution in [2.75, 3.05) is 14.2 Å². The molecule has 0 aromatic heterocycles. The van der Waals surface area contributed by atoms with Crippen molar-refractivity contribution >= 4 is 5.97 Å². The van der Waals surface area contributed by atoms with Gasteiger partial charge in [0.15, 0.2) is 0 Å². The Morgan fingerprint density at radius 1 is 0.926 bits per heavy atom. The first-order valence-corrected chi connectivity index (χ1v) is 9.68. The summed E-state index contributed by atoms with van der Waals surface area (Å²) in [5.41, 5.74) is 3.23. The molecule has 0 bridgehead atoms. The second kappa shape index (κ2) is 7.26. The first-order valence-electron chi connectivity index (χ1n) is 9.68. The third kappa shape index (κ3) is 3.07. The van der Waals surface area contributed by atoms with E-state index in [0.717, 1.165) is 35.5 Å². The summed E-state index contributed by atoms with van der Waals surface area (Å²) in [7, 11) is 3.31. The molecule has 142 valence electrons. The predicted octanol–water partition coefficient (Wildman–Crippen LogP) is 4.94. The van der Waals surface area contributed by atoms with Gasteiger partial charge in [-0.25, -0.2) is 0 Å². The van der Waals surface area contributed by atoms with Gasteiger partial charge in [-0.15, -0.1) is 0 Å². The van der Waals surface area contributed by atoms with Gasteiger partial charge < -0.3 is 14.6 Å². The molecule has 2 aromatic rings. The Kier molecular flexibility index (Phi) is 4.81. The summed E-state index contributed by atoms with van der Waals surface area (Å²) in [5, 5.41) is 10.2. The fraction of sp³-hybridized carbons (Fsp3) is 0.435. The lowest BCUT2D eigenvalue weighted by atomic mass is 9.57. The molecule has 1 N–H and O–H groups in total. The molecule has 2 aromatic carbocycles. The van der Waals surface area contributed by atoms with Crippen LogP contribution < -0.4 is 9.47 Å². The lowest BCUT2D eigenvalue weighted by Crippen LogP contribution is -2.37. The number of hydrogen-bond acceptors (Lipinski definition) is 3. The molecule has 4 rings (SSSR count). The highest BCUT2D eigenvalue weighted by molar-refractivity contribution is 5.79. The van der Waals surface area contributed by atoms with Crippen molar-refractivity contribution in [3.63, 3.8) is 0 Å². The van der Waals surface area contributed by atoms with Crippen LogP contribution in [0.15, 0.2) is 42.5 Å². The molecule has 0 amide bonds. The molecule has 2 aliphatic carbocycles. The van der Waals surface area contributed by atoms with Gasteiger partial charge in [0.25, 0.3) is 0 Å². The van der Waals surface area contributed by atoms with Gasteiger partial charge in [0, 0.05) is 5.92 Å². The largest absolute Gasteiger partial charge is 0.497 e. The average Bonchev–Trinajstić information content (AvgIpc) is 2.72. The Hall–Kier alpha value is -2.49. The van der Waals surface area contributed by atoms with Crippen LogP contribution in [0.5, 0.6) is 11.5 Å². The highest BCUT2D eigenvalue weighted by Gasteiger charge is 2.47. The third-order valence-electron chi connectivity index (χ3n) is 6.44. The maximum Gasteiger partial charge on any atom is 0.311 e. The van der Waals surface area contributed by atoms with Gasteiger partial charge in [-0.2, -0.15) is 0 Å². The van der Waals surface area contributed by atoms with Crippen molar-refractivity contribution in [2.24, 2.45) is 5.92 Å². The van der Waals surface area contributed by atoms with E-state index < -0.39 is 11.9 Å². The molecule has 0 spiro atoms. The topological polar surface area (TPSA) is 55.8 Å². The molecule has 27 heavy (non-hydrogen) atoms. The molecule has 4 nitrogen and oxygen atoms in total. The molecule has 0 aliphatic heterocycles. The zero-order valence-corrected chi connectivity index (χ0v) is 15.9. The molecule has 2 aliphatic rings.